The zero-order valence-corrected chi connectivity index (χ0v) is 8.02. The zero-order valence-electron chi connectivity index (χ0n) is 7.27. The summed E-state index contributed by atoms with van der Waals surface area (Å²) >= 11 is 5.71. The zero-order chi connectivity index (χ0) is 10.7. The van der Waals surface area contributed by atoms with E-state index in [0.717, 1.165) is 6.07 Å². The topological polar surface area (TPSA) is 52.9 Å². The van der Waals surface area contributed by atoms with Crippen molar-refractivity contribution in [3.63, 3.8) is 0 Å². The molecule has 5 heteroatoms. The number of halogens is 2. The fourth-order valence-electron chi connectivity index (χ4n) is 0.892. The molecule has 1 amide bonds. The van der Waals surface area contributed by atoms with Crippen LogP contribution in [-0.2, 0) is 4.79 Å². The number of carbonyl (C=O) groups excluding carboxylic acids is 1. The first-order valence-electron chi connectivity index (χ1n) is 3.71. The van der Waals surface area contributed by atoms with E-state index in [2.05, 4.69) is 5.32 Å². The first-order valence-corrected chi connectivity index (χ1v) is 4.09. The smallest absolute Gasteiger partial charge is 0.312 e. The molecule has 0 atom stereocenters. The van der Waals surface area contributed by atoms with Gasteiger partial charge in [-0.2, -0.15) is 5.26 Å². The third-order valence-electron chi connectivity index (χ3n) is 1.60. The Labute approximate surface area is 85.1 Å². The fraction of sp³-hybridized carbons (Fsp3) is 0.111. The van der Waals surface area contributed by atoms with Gasteiger partial charge in [0.25, 0.3) is 0 Å². The van der Waals surface area contributed by atoms with Crippen LogP contribution >= 0.6 is 11.6 Å². The van der Waals surface area contributed by atoms with E-state index in [0.29, 0.717) is 5.56 Å². The molecule has 0 bridgehead atoms. The third-order valence-corrected chi connectivity index (χ3v) is 1.91. The highest BCUT2D eigenvalue weighted by Crippen LogP contribution is 2.24. The van der Waals surface area contributed by atoms with Crippen molar-refractivity contribution in [3.05, 3.63) is 28.5 Å². The lowest BCUT2D eigenvalue weighted by molar-refractivity contribution is -0.111. The van der Waals surface area contributed by atoms with E-state index in [1.54, 1.807) is 6.92 Å². The Bertz CT molecular complexity index is 426. The summed E-state index contributed by atoms with van der Waals surface area (Å²) in [7, 11) is 0. The molecule has 1 aromatic carbocycles. The maximum Gasteiger partial charge on any atom is 0.326 e. The van der Waals surface area contributed by atoms with E-state index in [1.165, 1.54) is 12.1 Å². The number of nitrogens with one attached hydrogen (secondary N) is 1. The van der Waals surface area contributed by atoms with Gasteiger partial charge in [-0.05, 0) is 24.6 Å². The molecule has 0 unspecified atom stereocenters. The quantitative estimate of drug-likeness (QED) is 0.726. The summed E-state index contributed by atoms with van der Waals surface area (Å²) < 4.78 is 13.0. The Kier molecular flexibility index (Phi) is 3.05. The molecule has 0 spiro atoms. The highest BCUT2D eigenvalue weighted by atomic mass is 35.5. The maximum atomic E-state index is 13.0. The van der Waals surface area contributed by atoms with Crippen LogP contribution in [0, 0.1) is 24.1 Å². The highest BCUT2D eigenvalue weighted by Gasteiger charge is 2.08. The molecule has 0 aromatic heterocycles. The molecule has 0 saturated heterocycles. The summed E-state index contributed by atoms with van der Waals surface area (Å²) in [5, 5.41) is 10.6. The lowest BCUT2D eigenvalue weighted by Gasteiger charge is -2.05. The van der Waals surface area contributed by atoms with E-state index in [4.69, 9.17) is 16.9 Å². The molecule has 1 N–H and O–H groups in total. The molecule has 1 rings (SSSR count). The van der Waals surface area contributed by atoms with Gasteiger partial charge in [0.05, 0.1) is 10.7 Å². The number of nitrogens with zero attached hydrogens (tertiary/aromatic N) is 1. The van der Waals surface area contributed by atoms with Crippen LogP contribution in [0.2, 0.25) is 5.02 Å². The molecular formula is C9H6ClFN2O. The van der Waals surface area contributed by atoms with Gasteiger partial charge in [0.15, 0.2) is 6.07 Å². The SMILES string of the molecule is Cc1cc(Cl)c(NC(=O)C#N)cc1F. The van der Waals surface area contributed by atoms with Crippen LogP contribution in [0.15, 0.2) is 12.1 Å². The molecule has 3 nitrogen and oxygen atoms in total. The average molecular weight is 213 g/mol. The number of aryl methyl sites for hydroxylation is 1. The van der Waals surface area contributed by atoms with Crippen LogP contribution in [-0.4, -0.2) is 5.91 Å². The number of anilines is 1. The summed E-state index contributed by atoms with van der Waals surface area (Å²) in [6, 6.07) is 3.80. The number of hydrogen-bond acceptors (Lipinski definition) is 2. The maximum absolute atomic E-state index is 13.0. The van der Waals surface area contributed by atoms with Crippen LogP contribution in [0.3, 0.4) is 0 Å². The van der Waals surface area contributed by atoms with Crippen LogP contribution < -0.4 is 5.32 Å². The minimum atomic E-state index is -0.879. The van der Waals surface area contributed by atoms with Gasteiger partial charge in [-0.1, -0.05) is 11.6 Å². The lowest BCUT2D eigenvalue weighted by Crippen LogP contribution is -2.08. The Morgan fingerprint density at radius 3 is 2.86 bits per heavy atom. The Morgan fingerprint density at radius 1 is 1.64 bits per heavy atom. The molecule has 0 aliphatic heterocycles. The van der Waals surface area contributed by atoms with Gasteiger partial charge in [0.2, 0.25) is 0 Å². The Balaban J connectivity index is 3.05. The summed E-state index contributed by atoms with van der Waals surface area (Å²) in [5.41, 5.74) is 0.478. The van der Waals surface area contributed by atoms with Crippen molar-refractivity contribution in [2.75, 3.05) is 5.32 Å². The molecule has 0 saturated carbocycles. The predicted octanol–water partition coefficient (Wildman–Crippen LogP) is 2.25. The number of carbonyl (C=O) groups is 1. The second kappa shape index (κ2) is 4.07. The van der Waals surface area contributed by atoms with Gasteiger partial charge in [-0.3, -0.25) is 4.79 Å². The molecule has 0 heterocycles. The molecule has 0 fully saturated rings. The standard InChI is InChI=1S/C9H6ClFN2O/c1-5-2-6(10)8(3-7(5)11)13-9(14)4-12/h2-3H,1H3,(H,13,14). The summed E-state index contributed by atoms with van der Waals surface area (Å²) in [6.45, 7) is 1.55. The number of benzene rings is 1. The second-order valence-corrected chi connectivity index (χ2v) is 3.05. The van der Waals surface area contributed by atoms with Gasteiger partial charge < -0.3 is 5.32 Å². The predicted molar refractivity (Wildman–Crippen MR) is 50.4 cm³/mol. The van der Waals surface area contributed by atoms with Crippen LogP contribution in [0.4, 0.5) is 10.1 Å². The van der Waals surface area contributed by atoms with Crippen molar-refractivity contribution in [1.29, 1.82) is 5.26 Å². The van der Waals surface area contributed by atoms with E-state index in [-0.39, 0.29) is 10.7 Å². The summed E-state index contributed by atoms with van der Waals surface area (Å²) in [4.78, 5) is 10.7. The number of hydrogen-bond donors (Lipinski definition) is 1. The van der Waals surface area contributed by atoms with Gasteiger partial charge >= 0.3 is 5.91 Å². The van der Waals surface area contributed by atoms with Gasteiger partial charge in [0.1, 0.15) is 5.82 Å². The number of amides is 1. The summed E-state index contributed by atoms with van der Waals surface area (Å²) in [5.74, 6) is -1.36. The van der Waals surface area contributed by atoms with Crippen molar-refractivity contribution < 1.29 is 9.18 Å². The fourth-order valence-corrected chi connectivity index (χ4v) is 1.16. The van der Waals surface area contributed by atoms with Gasteiger partial charge in [-0.15, -0.1) is 0 Å². The van der Waals surface area contributed by atoms with Crippen molar-refractivity contribution >= 4 is 23.2 Å². The van der Waals surface area contributed by atoms with E-state index in [1.807, 2.05) is 0 Å². The van der Waals surface area contributed by atoms with E-state index < -0.39 is 11.7 Å². The molecule has 1 aromatic rings. The molecule has 0 aliphatic rings. The average Bonchev–Trinajstić information content (AvgIpc) is 2.14. The largest absolute Gasteiger partial charge is 0.326 e. The minimum absolute atomic E-state index is 0.0984. The molecule has 72 valence electrons. The van der Waals surface area contributed by atoms with Crippen LogP contribution in [0.25, 0.3) is 0 Å². The summed E-state index contributed by atoms with van der Waals surface area (Å²) in [6.07, 6.45) is 0. The van der Waals surface area contributed by atoms with Crippen LogP contribution in [0.5, 0.6) is 0 Å². The van der Waals surface area contributed by atoms with E-state index in [9.17, 15) is 9.18 Å². The second-order valence-electron chi connectivity index (χ2n) is 2.65. The Hall–Kier alpha value is -1.60. The van der Waals surface area contributed by atoms with Gasteiger partial charge in [-0.25, -0.2) is 4.39 Å². The first kappa shape index (κ1) is 10.5. The van der Waals surface area contributed by atoms with Crippen molar-refractivity contribution in [2.45, 2.75) is 6.92 Å². The lowest BCUT2D eigenvalue weighted by atomic mass is 10.2. The third kappa shape index (κ3) is 2.21. The molecule has 0 radical (unpaired) electrons. The van der Waals surface area contributed by atoms with Crippen molar-refractivity contribution in [3.8, 4) is 6.07 Å². The monoisotopic (exact) mass is 212 g/mol. The normalized spacial score (nSPS) is 9.29. The molecule has 14 heavy (non-hydrogen) atoms. The number of rotatable bonds is 1. The highest BCUT2D eigenvalue weighted by molar-refractivity contribution is 6.34. The minimum Gasteiger partial charge on any atom is -0.312 e. The molecular weight excluding hydrogens is 207 g/mol. The van der Waals surface area contributed by atoms with Gasteiger partial charge in [0, 0.05) is 0 Å². The number of nitriles is 1. The van der Waals surface area contributed by atoms with Crippen LogP contribution in [0.1, 0.15) is 5.56 Å². The van der Waals surface area contributed by atoms with Crippen molar-refractivity contribution in [2.24, 2.45) is 0 Å². The van der Waals surface area contributed by atoms with Crippen molar-refractivity contribution in [1.82, 2.24) is 0 Å². The first-order chi connectivity index (χ1) is 6.54. The van der Waals surface area contributed by atoms with E-state index >= 15 is 0 Å². The molecule has 0 aliphatic carbocycles. The Morgan fingerprint density at radius 2 is 2.29 bits per heavy atom.